The van der Waals surface area contributed by atoms with Crippen molar-refractivity contribution in [3.05, 3.63) is 29.1 Å². The molecular weight excluding hydrogens is 244 g/mol. The number of nitrogens with zero attached hydrogens (tertiary/aromatic N) is 1. The van der Waals surface area contributed by atoms with E-state index in [1.54, 1.807) is 19.1 Å². The van der Waals surface area contributed by atoms with Gasteiger partial charge in [-0.05, 0) is 38.8 Å². The molecule has 5 nitrogen and oxygen atoms in total. The summed E-state index contributed by atoms with van der Waals surface area (Å²) in [6, 6.07) is 3.51. The molecule has 1 aliphatic rings. The Morgan fingerprint density at radius 2 is 2.26 bits per heavy atom. The first kappa shape index (κ1) is 13.7. The number of carbonyl (C=O) groups is 2. The van der Waals surface area contributed by atoms with Crippen molar-refractivity contribution in [1.29, 1.82) is 0 Å². The van der Waals surface area contributed by atoms with E-state index >= 15 is 0 Å². The third-order valence-electron chi connectivity index (χ3n) is 3.19. The van der Waals surface area contributed by atoms with Gasteiger partial charge in [0.05, 0.1) is 12.2 Å². The second kappa shape index (κ2) is 5.93. The molecule has 1 saturated heterocycles. The number of ether oxygens (including phenoxy) is 1. The maximum absolute atomic E-state index is 11.8. The lowest BCUT2D eigenvalue weighted by Crippen LogP contribution is -2.33. The van der Waals surface area contributed by atoms with E-state index < -0.39 is 0 Å². The molecule has 0 aromatic carbocycles. The van der Waals surface area contributed by atoms with Crippen LogP contribution in [-0.2, 0) is 16.1 Å². The number of nitrogens with one attached hydrogen (secondary N) is 1. The van der Waals surface area contributed by atoms with Crippen LogP contribution in [-0.4, -0.2) is 29.4 Å². The van der Waals surface area contributed by atoms with Crippen molar-refractivity contribution in [3.8, 4) is 0 Å². The summed E-state index contributed by atoms with van der Waals surface area (Å²) in [5.74, 6) is -0.0902. The van der Waals surface area contributed by atoms with E-state index in [1.165, 1.54) is 6.92 Å². The minimum atomic E-state index is -0.322. The highest BCUT2D eigenvalue weighted by molar-refractivity contribution is 5.95. The molecule has 0 bridgehead atoms. The lowest BCUT2D eigenvalue weighted by Gasteiger charge is -2.10. The molecule has 0 unspecified atom stereocenters. The molecule has 1 fully saturated rings. The number of Topliss-reactive ketones (excluding diaryl/α,β-unsaturated/α-hetero) is 1. The quantitative estimate of drug-likeness (QED) is 0.832. The molecule has 2 heterocycles. The van der Waals surface area contributed by atoms with Crippen LogP contribution in [0.25, 0.3) is 0 Å². The highest BCUT2D eigenvalue weighted by Gasteiger charge is 2.23. The summed E-state index contributed by atoms with van der Waals surface area (Å²) in [6.07, 6.45) is 1.39. The fraction of sp³-hybridized carbons (Fsp3) is 0.500. The van der Waals surface area contributed by atoms with Crippen LogP contribution in [0.4, 0.5) is 0 Å². The highest BCUT2D eigenvalue weighted by atomic mass is 16.5. The van der Waals surface area contributed by atoms with Gasteiger partial charge in [-0.3, -0.25) is 14.6 Å². The van der Waals surface area contributed by atoms with Crippen LogP contribution in [0.15, 0.2) is 12.1 Å². The summed E-state index contributed by atoms with van der Waals surface area (Å²) in [7, 11) is 0. The van der Waals surface area contributed by atoms with Gasteiger partial charge < -0.3 is 10.1 Å². The van der Waals surface area contributed by atoms with Gasteiger partial charge in [0.2, 0.25) is 5.91 Å². The van der Waals surface area contributed by atoms with E-state index in [2.05, 4.69) is 10.3 Å². The van der Waals surface area contributed by atoms with Crippen molar-refractivity contribution in [2.75, 3.05) is 6.61 Å². The number of aromatic nitrogens is 1. The smallest absolute Gasteiger partial charge is 0.249 e. The molecule has 1 amide bonds. The number of hydrogen-bond acceptors (Lipinski definition) is 4. The minimum absolute atomic E-state index is 0.0000545. The molecule has 1 aromatic rings. The summed E-state index contributed by atoms with van der Waals surface area (Å²) in [4.78, 5) is 27.4. The van der Waals surface area contributed by atoms with Crippen molar-refractivity contribution < 1.29 is 14.3 Å². The number of rotatable bonds is 4. The topological polar surface area (TPSA) is 68.3 Å². The van der Waals surface area contributed by atoms with Gasteiger partial charge in [0.25, 0.3) is 0 Å². The largest absolute Gasteiger partial charge is 0.368 e. The predicted molar refractivity (Wildman–Crippen MR) is 69.8 cm³/mol. The fourth-order valence-electron chi connectivity index (χ4n) is 2.16. The zero-order valence-corrected chi connectivity index (χ0v) is 11.2. The highest BCUT2D eigenvalue weighted by Crippen LogP contribution is 2.12. The van der Waals surface area contributed by atoms with Crippen molar-refractivity contribution in [2.45, 2.75) is 39.3 Å². The Morgan fingerprint density at radius 3 is 2.84 bits per heavy atom. The first-order valence-corrected chi connectivity index (χ1v) is 6.44. The summed E-state index contributed by atoms with van der Waals surface area (Å²) in [6.45, 7) is 4.32. The Bertz CT molecular complexity index is 493. The fourth-order valence-corrected chi connectivity index (χ4v) is 2.16. The molecule has 0 saturated carbocycles. The number of ketones is 1. The van der Waals surface area contributed by atoms with Crippen molar-refractivity contribution >= 4 is 11.7 Å². The number of hydrogen-bond donors (Lipinski definition) is 1. The van der Waals surface area contributed by atoms with E-state index in [4.69, 9.17) is 4.74 Å². The summed E-state index contributed by atoms with van der Waals surface area (Å²) in [5.41, 5.74) is 2.06. The second-order valence-electron chi connectivity index (χ2n) is 4.71. The Hall–Kier alpha value is -1.75. The molecule has 0 spiro atoms. The summed E-state index contributed by atoms with van der Waals surface area (Å²) < 4.78 is 5.30. The van der Waals surface area contributed by atoms with Crippen molar-refractivity contribution in [3.63, 3.8) is 0 Å². The van der Waals surface area contributed by atoms with Crippen molar-refractivity contribution in [2.24, 2.45) is 0 Å². The van der Waals surface area contributed by atoms with E-state index in [0.29, 0.717) is 24.4 Å². The molecule has 1 N–H and O–H groups in total. The molecule has 1 aromatic heterocycles. The first-order valence-electron chi connectivity index (χ1n) is 6.44. The molecule has 0 aliphatic carbocycles. The van der Waals surface area contributed by atoms with Crippen LogP contribution in [0.3, 0.4) is 0 Å². The summed E-state index contributed by atoms with van der Waals surface area (Å²) in [5, 5.41) is 2.81. The van der Waals surface area contributed by atoms with Gasteiger partial charge in [-0.15, -0.1) is 0 Å². The average molecular weight is 262 g/mol. The lowest BCUT2D eigenvalue weighted by atomic mass is 10.1. The molecule has 5 heteroatoms. The zero-order valence-electron chi connectivity index (χ0n) is 11.2. The molecule has 1 aliphatic heterocycles. The maximum atomic E-state index is 11.8. The molecule has 19 heavy (non-hydrogen) atoms. The standard InChI is InChI=1S/C14H18N2O3/c1-9-12(10(2)17)6-5-11(16-9)8-15-14(18)13-4-3-7-19-13/h5-6,13H,3-4,7-8H2,1-2H3,(H,15,18)/t13-/m0/s1. The Balaban J connectivity index is 1.94. The van der Waals surface area contributed by atoms with Crippen LogP contribution in [0.1, 0.15) is 41.5 Å². The van der Waals surface area contributed by atoms with Crippen molar-refractivity contribution in [1.82, 2.24) is 10.3 Å². The Kier molecular flexibility index (Phi) is 4.27. The zero-order chi connectivity index (χ0) is 13.8. The van der Waals surface area contributed by atoms with E-state index in [0.717, 1.165) is 18.5 Å². The van der Waals surface area contributed by atoms with E-state index in [-0.39, 0.29) is 17.8 Å². The van der Waals surface area contributed by atoms with Crippen LogP contribution in [0.2, 0.25) is 0 Å². The van der Waals surface area contributed by atoms with Crippen LogP contribution in [0.5, 0.6) is 0 Å². The number of carbonyl (C=O) groups excluding carboxylic acids is 2. The normalized spacial score (nSPS) is 18.3. The van der Waals surface area contributed by atoms with Crippen LogP contribution < -0.4 is 5.32 Å². The van der Waals surface area contributed by atoms with E-state index in [9.17, 15) is 9.59 Å². The number of aryl methyl sites for hydroxylation is 1. The van der Waals surface area contributed by atoms with Gasteiger partial charge in [-0.25, -0.2) is 0 Å². The predicted octanol–water partition coefficient (Wildman–Crippen LogP) is 1.39. The minimum Gasteiger partial charge on any atom is -0.368 e. The lowest BCUT2D eigenvalue weighted by molar-refractivity contribution is -0.130. The maximum Gasteiger partial charge on any atom is 0.249 e. The first-order chi connectivity index (χ1) is 9.08. The second-order valence-corrected chi connectivity index (χ2v) is 4.71. The van der Waals surface area contributed by atoms with Gasteiger partial charge in [-0.2, -0.15) is 0 Å². The summed E-state index contributed by atoms with van der Waals surface area (Å²) >= 11 is 0. The van der Waals surface area contributed by atoms with Gasteiger partial charge in [0, 0.05) is 17.9 Å². The van der Waals surface area contributed by atoms with Crippen LogP contribution in [0, 0.1) is 6.92 Å². The molecule has 102 valence electrons. The Morgan fingerprint density at radius 1 is 1.47 bits per heavy atom. The third kappa shape index (κ3) is 3.38. The molecule has 2 rings (SSSR count). The molecular formula is C14H18N2O3. The van der Waals surface area contributed by atoms with Crippen LogP contribution >= 0.6 is 0 Å². The van der Waals surface area contributed by atoms with Gasteiger partial charge >= 0.3 is 0 Å². The van der Waals surface area contributed by atoms with Gasteiger partial charge in [0.1, 0.15) is 6.10 Å². The monoisotopic (exact) mass is 262 g/mol. The number of pyridine rings is 1. The molecule has 0 radical (unpaired) electrons. The van der Waals surface area contributed by atoms with Gasteiger partial charge in [0.15, 0.2) is 5.78 Å². The Labute approximate surface area is 112 Å². The average Bonchev–Trinajstić information content (AvgIpc) is 2.89. The van der Waals surface area contributed by atoms with Gasteiger partial charge in [-0.1, -0.05) is 0 Å². The number of amides is 1. The van der Waals surface area contributed by atoms with E-state index in [1.807, 2.05) is 0 Å². The third-order valence-corrected chi connectivity index (χ3v) is 3.19. The SMILES string of the molecule is CC(=O)c1ccc(CNC(=O)[C@@H]2CCCO2)nc1C. The molecule has 1 atom stereocenters.